The summed E-state index contributed by atoms with van der Waals surface area (Å²) in [7, 11) is -0.750. The lowest BCUT2D eigenvalue weighted by Gasteiger charge is -2.03. The van der Waals surface area contributed by atoms with Crippen molar-refractivity contribution in [1.82, 2.24) is 0 Å². The Morgan fingerprint density at radius 1 is 0.722 bits per heavy atom. The van der Waals surface area contributed by atoms with Crippen LogP contribution in [-0.4, -0.2) is 17.7 Å². The lowest BCUT2D eigenvalue weighted by Crippen LogP contribution is -1.93. The van der Waals surface area contributed by atoms with Crippen LogP contribution in [0.4, 0.5) is 0 Å². The van der Waals surface area contributed by atoms with E-state index in [1.54, 1.807) is 0 Å². The minimum atomic E-state index is -0.750. The van der Waals surface area contributed by atoms with Gasteiger partial charge in [-0.1, -0.05) is 60.7 Å². The molecule has 0 radical (unpaired) electrons. The summed E-state index contributed by atoms with van der Waals surface area (Å²) in [5.74, 6) is 0. The molecule has 0 amide bonds. The molecule has 94 valence electrons. The molecule has 2 aromatic rings. The quantitative estimate of drug-likeness (QED) is 0.804. The molecule has 0 unspecified atom stereocenters. The SMILES string of the molecule is OBO.c1ccc(COCc2ccccc2)cc1. The van der Waals surface area contributed by atoms with Crippen LogP contribution < -0.4 is 0 Å². The molecule has 0 heterocycles. The zero-order valence-electron chi connectivity index (χ0n) is 10.2. The van der Waals surface area contributed by atoms with Crippen LogP contribution in [0.5, 0.6) is 0 Å². The van der Waals surface area contributed by atoms with Crippen LogP contribution in [0.25, 0.3) is 0 Å². The van der Waals surface area contributed by atoms with Gasteiger partial charge in [0.15, 0.2) is 0 Å². The van der Waals surface area contributed by atoms with E-state index in [2.05, 4.69) is 24.3 Å². The van der Waals surface area contributed by atoms with Crippen LogP contribution in [0.3, 0.4) is 0 Å². The minimum absolute atomic E-state index is 0.676. The highest BCUT2D eigenvalue weighted by molar-refractivity contribution is 6.13. The van der Waals surface area contributed by atoms with E-state index >= 15 is 0 Å². The van der Waals surface area contributed by atoms with E-state index in [0.717, 1.165) is 0 Å². The van der Waals surface area contributed by atoms with Crippen molar-refractivity contribution in [2.75, 3.05) is 0 Å². The van der Waals surface area contributed by atoms with Gasteiger partial charge in [-0.15, -0.1) is 0 Å². The van der Waals surface area contributed by atoms with E-state index < -0.39 is 7.69 Å². The molecular weight excluding hydrogens is 227 g/mol. The molecule has 0 saturated heterocycles. The van der Waals surface area contributed by atoms with Crippen molar-refractivity contribution in [3.05, 3.63) is 71.8 Å². The third-order valence-electron chi connectivity index (χ3n) is 2.22. The number of rotatable bonds is 4. The average molecular weight is 244 g/mol. The number of ether oxygens (including phenoxy) is 1. The van der Waals surface area contributed by atoms with Gasteiger partial charge in [-0.3, -0.25) is 0 Å². The van der Waals surface area contributed by atoms with Crippen LogP contribution >= 0.6 is 0 Å². The Morgan fingerprint density at radius 3 is 1.39 bits per heavy atom. The van der Waals surface area contributed by atoms with Gasteiger partial charge in [0.1, 0.15) is 0 Å². The smallest absolute Gasteiger partial charge is 0.430 e. The Morgan fingerprint density at radius 2 is 1.06 bits per heavy atom. The Kier molecular flexibility index (Phi) is 7.56. The molecule has 18 heavy (non-hydrogen) atoms. The second kappa shape index (κ2) is 9.42. The minimum Gasteiger partial charge on any atom is -0.430 e. The van der Waals surface area contributed by atoms with Gasteiger partial charge in [0.25, 0.3) is 0 Å². The van der Waals surface area contributed by atoms with E-state index in [4.69, 9.17) is 14.8 Å². The van der Waals surface area contributed by atoms with E-state index in [1.165, 1.54) is 11.1 Å². The van der Waals surface area contributed by atoms with Crippen LogP contribution in [0.15, 0.2) is 60.7 Å². The Bertz CT molecular complexity index is 366. The van der Waals surface area contributed by atoms with Crippen molar-refractivity contribution in [1.29, 1.82) is 0 Å². The number of hydrogen-bond acceptors (Lipinski definition) is 3. The zero-order chi connectivity index (χ0) is 13.1. The van der Waals surface area contributed by atoms with Crippen molar-refractivity contribution in [2.24, 2.45) is 0 Å². The molecule has 0 fully saturated rings. The molecule has 4 heteroatoms. The fraction of sp³-hybridized carbons (Fsp3) is 0.143. The highest BCUT2D eigenvalue weighted by Crippen LogP contribution is 2.05. The molecule has 0 saturated carbocycles. The highest BCUT2D eigenvalue weighted by Gasteiger charge is 1.93. The third-order valence-corrected chi connectivity index (χ3v) is 2.22. The first kappa shape index (κ1) is 14.4. The molecular formula is C14H17BO3. The van der Waals surface area contributed by atoms with Crippen LogP contribution in [0, 0.1) is 0 Å². The van der Waals surface area contributed by atoms with Crippen molar-refractivity contribution in [3.8, 4) is 0 Å². The molecule has 0 atom stereocenters. The van der Waals surface area contributed by atoms with Crippen LogP contribution in [0.1, 0.15) is 11.1 Å². The normalized spacial score (nSPS) is 9.22. The Hall–Kier alpha value is -1.62. The fourth-order valence-electron chi connectivity index (χ4n) is 1.44. The molecule has 0 aliphatic rings. The van der Waals surface area contributed by atoms with Gasteiger partial charge in [-0.05, 0) is 11.1 Å². The summed E-state index contributed by atoms with van der Waals surface area (Å²) >= 11 is 0. The molecule has 2 aromatic carbocycles. The summed E-state index contributed by atoms with van der Waals surface area (Å²) in [4.78, 5) is 0. The molecule has 2 N–H and O–H groups in total. The Balaban J connectivity index is 0.000000492. The standard InChI is InChI=1S/C14H14O.BH3O2/c1-3-7-13(8-4-1)11-15-12-14-9-5-2-6-10-14;2-1-3/h1-10H,11-12H2;1-3H. The molecule has 0 aromatic heterocycles. The first-order valence-electron chi connectivity index (χ1n) is 5.74. The van der Waals surface area contributed by atoms with Crippen molar-refractivity contribution >= 4 is 7.69 Å². The molecule has 0 spiro atoms. The second-order valence-electron chi connectivity index (χ2n) is 3.61. The molecule has 0 aliphatic carbocycles. The topological polar surface area (TPSA) is 49.7 Å². The summed E-state index contributed by atoms with van der Waals surface area (Å²) in [5, 5.41) is 14.2. The van der Waals surface area contributed by atoms with Crippen molar-refractivity contribution < 1.29 is 14.8 Å². The monoisotopic (exact) mass is 244 g/mol. The van der Waals surface area contributed by atoms with Gasteiger partial charge in [-0.2, -0.15) is 0 Å². The molecule has 0 bridgehead atoms. The van der Waals surface area contributed by atoms with Crippen LogP contribution in [-0.2, 0) is 18.0 Å². The van der Waals surface area contributed by atoms with Crippen LogP contribution in [0.2, 0.25) is 0 Å². The van der Waals surface area contributed by atoms with Gasteiger partial charge in [0, 0.05) is 0 Å². The number of hydrogen-bond donors (Lipinski definition) is 2. The average Bonchev–Trinajstić information content (AvgIpc) is 2.42. The van der Waals surface area contributed by atoms with Crippen molar-refractivity contribution in [2.45, 2.75) is 13.2 Å². The molecule has 0 aliphatic heterocycles. The highest BCUT2D eigenvalue weighted by atomic mass is 16.5. The maximum Gasteiger partial charge on any atom is 0.432 e. The van der Waals surface area contributed by atoms with Gasteiger partial charge >= 0.3 is 7.69 Å². The predicted octanol–water partition coefficient (Wildman–Crippen LogP) is 1.64. The first-order chi connectivity index (χ1) is 8.86. The fourth-order valence-corrected chi connectivity index (χ4v) is 1.44. The van der Waals surface area contributed by atoms with Gasteiger partial charge in [0.05, 0.1) is 13.2 Å². The predicted molar refractivity (Wildman–Crippen MR) is 73.0 cm³/mol. The first-order valence-corrected chi connectivity index (χ1v) is 5.74. The van der Waals surface area contributed by atoms with Gasteiger partial charge < -0.3 is 14.8 Å². The summed E-state index contributed by atoms with van der Waals surface area (Å²) < 4.78 is 5.61. The Labute approximate surface area is 108 Å². The summed E-state index contributed by atoms with van der Waals surface area (Å²) in [5.41, 5.74) is 2.43. The third kappa shape index (κ3) is 6.20. The summed E-state index contributed by atoms with van der Waals surface area (Å²) in [6, 6.07) is 20.4. The van der Waals surface area contributed by atoms with Gasteiger partial charge in [-0.25, -0.2) is 0 Å². The van der Waals surface area contributed by atoms with E-state index in [9.17, 15) is 0 Å². The van der Waals surface area contributed by atoms with E-state index in [-0.39, 0.29) is 0 Å². The maximum atomic E-state index is 7.12. The van der Waals surface area contributed by atoms with Crippen molar-refractivity contribution in [3.63, 3.8) is 0 Å². The largest absolute Gasteiger partial charge is 0.432 e. The summed E-state index contributed by atoms with van der Waals surface area (Å²) in [6.07, 6.45) is 0. The lowest BCUT2D eigenvalue weighted by molar-refractivity contribution is 0.107. The van der Waals surface area contributed by atoms with Gasteiger partial charge in [0.2, 0.25) is 0 Å². The molecule has 2 rings (SSSR count). The summed E-state index contributed by atoms with van der Waals surface area (Å²) in [6.45, 7) is 1.35. The lowest BCUT2D eigenvalue weighted by atomic mass is 10.2. The van der Waals surface area contributed by atoms with E-state index in [1.807, 2.05) is 36.4 Å². The van der Waals surface area contributed by atoms with E-state index in [0.29, 0.717) is 13.2 Å². The molecule has 3 nitrogen and oxygen atoms in total. The number of benzene rings is 2. The zero-order valence-corrected chi connectivity index (χ0v) is 10.2. The maximum absolute atomic E-state index is 7.12. The second-order valence-corrected chi connectivity index (χ2v) is 3.61.